The van der Waals surface area contributed by atoms with Gasteiger partial charge in [-0.2, -0.15) is 0 Å². The van der Waals surface area contributed by atoms with E-state index in [0.717, 1.165) is 12.8 Å². The molecule has 0 saturated heterocycles. The Hall–Kier alpha value is -2.08. The highest BCUT2D eigenvalue weighted by Gasteiger charge is 2.40. The van der Waals surface area contributed by atoms with Gasteiger partial charge in [-0.15, -0.1) is 0 Å². The molecule has 0 saturated carbocycles. The van der Waals surface area contributed by atoms with Gasteiger partial charge >= 0.3 is 5.97 Å². The van der Waals surface area contributed by atoms with Crippen molar-refractivity contribution in [2.45, 2.75) is 92.8 Å². The van der Waals surface area contributed by atoms with E-state index in [0.29, 0.717) is 36.4 Å². The molecule has 32 heavy (non-hydrogen) atoms. The third-order valence-electron chi connectivity index (χ3n) is 5.11. The predicted octanol–water partition coefficient (Wildman–Crippen LogP) is 6.24. The lowest BCUT2D eigenvalue weighted by Crippen LogP contribution is -2.48. The van der Waals surface area contributed by atoms with E-state index >= 15 is 0 Å². The molecule has 0 bridgehead atoms. The Morgan fingerprint density at radius 3 is 2.12 bits per heavy atom. The van der Waals surface area contributed by atoms with Crippen LogP contribution in [-0.4, -0.2) is 36.8 Å². The van der Waals surface area contributed by atoms with E-state index in [1.807, 2.05) is 20.8 Å². The summed E-state index contributed by atoms with van der Waals surface area (Å²) < 4.78 is 17.3. The van der Waals surface area contributed by atoms with Crippen LogP contribution in [0, 0.1) is 11.8 Å². The van der Waals surface area contributed by atoms with Gasteiger partial charge in [0.2, 0.25) is 0 Å². The Bertz CT molecular complexity index is 719. The van der Waals surface area contributed by atoms with Crippen molar-refractivity contribution in [3.05, 3.63) is 23.8 Å². The highest BCUT2D eigenvalue weighted by atomic mass is 16.5. The van der Waals surface area contributed by atoms with Crippen molar-refractivity contribution in [2.75, 3.05) is 18.5 Å². The lowest BCUT2D eigenvalue weighted by atomic mass is 9.83. The van der Waals surface area contributed by atoms with E-state index < -0.39 is 11.6 Å². The first-order valence-electron chi connectivity index (χ1n) is 12.0. The second kappa shape index (κ2) is 13.5. The average Bonchev–Trinajstić information content (AvgIpc) is 2.72. The zero-order valence-electron chi connectivity index (χ0n) is 21.2. The third kappa shape index (κ3) is 8.45. The molecule has 0 aliphatic carbocycles. The van der Waals surface area contributed by atoms with Gasteiger partial charge in [-0.3, -0.25) is 4.79 Å². The Labute approximate surface area is 194 Å². The molecule has 0 fully saturated rings. The quantitative estimate of drug-likeness (QED) is 0.340. The van der Waals surface area contributed by atoms with Crippen molar-refractivity contribution in [3.8, 4) is 5.75 Å². The van der Waals surface area contributed by atoms with Crippen LogP contribution in [0.15, 0.2) is 18.2 Å². The molecule has 0 spiro atoms. The smallest absolute Gasteiger partial charge is 0.341 e. The van der Waals surface area contributed by atoms with Gasteiger partial charge in [-0.05, 0) is 69.6 Å². The molecule has 0 unspecified atom stereocenters. The molecular weight excluding hydrogens is 406 g/mol. The van der Waals surface area contributed by atoms with Crippen LogP contribution >= 0.6 is 0 Å². The number of amides is 1. The molecule has 0 aliphatic rings. The van der Waals surface area contributed by atoms with E-state index in [4.69, 9.17) is 14.2 Å². The maximum absolute atomic E-state index is 13.5. The molecule has 0 aliphatic heterocycles. The standard InChI is InChI=1S/C26H43NO5/c1-9-14-31-26(16-18(4)5,17-19(6)7)25(29)27-21-12-13-23(32-20(8)10-2)22(15-21)24(28)30-11-3/h12-13,15,18-20H,9-11,14,16-17H2,1-8H3,(H,27,29)/t20-/m0/s1. The number of rotatable bonds is 14. The number of hydrogen-bond acceptors (Lipinski definition) is 5. The van der Waals surface area contributed by atoms with Crippen molar-refractivity contribution in [1.82, 2.24) is 0 Å². The minimum absolute atomic E-state index is 0.0456. The molecule has 1 rings (SSSR count). The van der Waals surface area contributed by atoms with Crippen molar-refractivity contribution >= 4 is 17.6 Å². The van der Waals surface area contributed by atoms with Crippen LogP contribution in [0.2, 0.25) is 0 Å². The van der Waals surface area contributed by atoms with Crippen LogP contribution in [0.3, 0.4) is 0 Å². The van der Waals surface area contributed by atoms with Crippen molar-refractivity contribution in [2.24, 2.45) is 11.8 Å². The molecule has 1 aromatic rings. The minimum Gasteiger partial charge on any atom is -0.490 e. The van der Waals surface area contributed by atoms with E-state index in [-0.39, 0.29) is 30.5 Å². The van der Waals surface area contributed by atoms with Crippen LogP contribution in [0.1, 0.15) is 91.4 Å². The molecular formula is C26H43NO5. The highest BCUT2D eigenvalue weighted by Crippen LogP contribution is 2.32. The maximum Gasteiger partial charge on any atom is 0.341 e. The average molecular weight is 450 g/mol. The molecule has 6 heteroatoms. The van der Waals surface area contributed by atoms with Gasteiger partial charge in [0.25, 0.3) is 5.91 Å². The van der Waals surface area contributed by atoms with Crippen molar-refractivity contribution < 1.29 is 23.8 Å². The lowest BCUT2D eigenvalue weighted by Gasteiger charge is -2.35. The molecule has 1 aromatic carbocycles. The van der Waals surface area contributed by atoms with Gasteiger partial charge in [-0.25, -0.2) is 4.79 Å². The maximum atomic E-state index is 13.5. The van der Waals surface area contributed by atoms with Gasteiger partial charge in [0, 0.05) is 12.3 Å². The number of ether oxygens (including phenoxy) is 3. The fourth-order valence-electron chi connectivity index (χ4n) is 3.69. The van der Waals surface area contributed by atoms with Crippen LogP contribution in [-0.2, 0) is 14.3 Å². The summed E-state index contributed by atoms with van der Waals surface area (Å²) in [5, 5.41) is 3.01. The van der Waals surface area contributed by atoms with Crippen LogP contribution in [0.4, 0.5) is 5.69 Å². The Kier molecular flexibility index (Phi) is 11.8. The Morgan fingerprint density at radius 2 is 1.62 bits per heavy atom. The minimum atomic E-state index is -0.922. The fraction of sp³-hybridized carbons (Fsp3) is 0.692. The van der Waals surface area contributed by atoms with Gasteiger partial charge in [0.1, 0.15) is 16.9 Å². The Morgan fingerprint density at radius 1 is 1.00 bits per heavy atom. The summed E-state index contributed by atoms with van der Waals surface area (Å²) in [6, 6.07) is 5.10. The molecule has 182 valence electrons. The predicted molar refractivity (Wildman–Crippen MR) is 129 cm³/mol. The van der Waals surface area contributed by atoms with Crippen molar-refractivity contribution in [3.63, 3.8) is 0 Å². The number of carbonyl (C=O) groups is 2. The van der Waals surface area contributed by atoms with Gasteiger partial charge in [0.15, 0.2) is 0 Å². The SMILES string of the molecule is CCCOC(CC(C)C)(CC(C)C)C(=O)Nc1ccc(O[C@@H](C)CC)c(C(=O)OCC)c1. The second-order valence-corrected chi connectivity index (χ2v) is 9.26. The summed E-state index contributed by atoms with van der Waals surface area (Å²) >= 11 is 0. The third-order valence-corrected chi connectivity index (χ3v) is 5.11. The van der Waals surface area contributed by atoms with Crippen molar-refractivity contribution in [1.29, 1.82) is 0 Å². The molecule has 0 aromatic heterocycles. The normalized spacial score (nSPS) is 12.7. The summed E-state index contributed by atoms with van der Waals surface area (Å²) in [7, 11) is 0. The molecule has 0 heterocycles. The van der Waals surface area contributed by atoms with Crippen LogP contribution in [0.25, 0.3) is 0 Å². The highest BCUT2D eigenvalue weighted by molar-refractivity contribution is 5.99. The molecule has 1 amide bonds. The summed E-state index contributed by atoms with van der Waals surface area (Å²) in [6.45, 7) is 16.9. The largest absolute Gasteiger partial charge is 0.490 e. The number of hydrogen-bond donors (Lipinski definition) is 1. The topological polar surface area (TPSA) is 73.9 Å². The molecule has 6 nitrogen and oxygen atoms in total. The monoisotopic (exact) mass is 449 g/mol. The first-order chi connectivity index (χ1) is 15.1. The zero-order valence-corrected chi connectivity index (χ0v) is 21.2. The van der Waals surface area contributed by atoms with Crippen LogP contribution in [0.5, 0.6) is 5.75 Å². The summed E-state index contributed by atoms with van der Waals surface area (Å²) in [5.74, 6) is 0.377. The van der Waals surface area contributed by atoms with Gasteiger partial charge in [0.05, 0.1) is 12.7 Å². The summed E-state index contributed by atoms with van der Waals surface area (Å²) in [5.41, 5.74) is -0.0989. The number of carbonyl (C=O) groups excluding carboxylic acids is 2. The summed E-state index contributed by atoms with van der Waals surface area (Å²) in [6.07, 6.45) is 2.84. The molecule has 1 atom stereocenters. The first kappa shape index (κ1) is 28.0. The van der Waals surface area contributed by atoms with E-state index in [9.17, 15) is 9.59 Å². The number of benzene rings is 1. The Balaban J connectivity index is 3.30. The van der Waals surface area contributed by atoms with Gasteiger partial charge < -0.3 is 19.5 Å². The van der Waals surface area contributed by atoms with E-state index in [1.54, 1.807) is 25.1 Å². The first-order valence-corrected chi connectivity index (χ1v) is 12.0. The number of nitrogens with one attached hydrogen (secondary N) is 1. The molecule has 1 N–H and O–H groups in total. The number of esters is 1. The van der Waals surface area contributed by atoms with E-state index in [2.05, 4.69) is 33.0 Å². The lowest BCUT2D eigenvalue weighted by molar-refractivity contribution is -0.147. The molecule has 0 radical (unpaired) electrons. The number of anilines is 1. The van der Waals surface area contributed by atoms with Gasteiger partial charge in [-0.1, -0.05) is 41.5 Å². The summed E-state index contributed by atoms with van der Waals surface area (Å²) in [4.78, 5) is 26.1. The second-order valence-electron chi connectivity index (χ2n) is 9.26. The fourth-order valence-corrected chi connectivity index (χ4v) is 3.69. The zero-order chi connectivity index (χ0) is 24.3. The van der Waals surface area contributed by atoms with E-state index in [1.165, 1.54) is 0 Å². The van der Waals surface area contributed by atoms with Crippen LogP contribution < -0.4 is 10.1 Å².